The summed E-state index contributed by atoms with van der Waals surface area (Å²) in [6, 6.07) is 16.7. The van der Waals surface area contributed by atoms with Gasteiger partial charge in [0, 0.05) is 30.6 Å². The molecule has 3 rings (SSSR count). The first kappa shape index (κ1) is 24.9. The van der Waals surface area contributed by atoms with E-state index < -0.39 is 0 Å². The number of benzene rings is 2. The van der Waals surface area contributed by atoms with E-state index in [9.17, 15) is 0 Å². The average Bonchev–Trinajstić information content (AvgIpc) is 2.99. The number of hydrogen-bond acceptors (Lipinski definition) is 6. The van der Waals surface area contributed by atoms with Gasteiger partial charge in [0.2, 0.25) is 0 Å². The van der Waals surface area contributed by atoms with E-state index in [0.717, 1.165) is 72.9 Å². The van der Waals surface area contributed by atoms with Gasteiger partial charge in [0.15, 0.2) is 0 Å². The fraction of sp³-hybridized carbons (Fsp3) is 0.481. The summed E-state index contributed by atoms with van der Waals surface area (Å²) in [5, 5.41) is 9.17. The third-order valence-corrected chi connectivity index (χ3v) is 6.24. The minimum Gasteiger partial charge on any atom is -0.394 e. The highest BCUT2D eigenvalue weighted by atomic mass is 16.6. The van der Waals surface area contributed by atoms with Crippen LogP contribution in [-0.2, 0) is 9.68 Å². The monoisotopic (exact) mass is 450 g/mol. The zero-order valence-corrected chi connectivity index (χ0v) is 20.6. The second kappa shape index (κ2) is 13.1. The third-order valence-electron chi connectivity index (χ3n) is 6.24. The van der Waals surface area contributed by atoms with E-state index >= 15 is 0 Å². The lowest BCUT2D eigenvalue weighted by atomic mass is 9.96. The average molecular weight is 451 g/mol. The van der Waals surface area contributed by atoms with Gasteiger partial charge in [-0.2, -0.15) is 0 Å². The molecule has 2 aromatic carbocycles. The summed E-state index contributed by atoms with van der Waals surface area (Å²) >= 11 is 0. The van der Waals surface area contributed by atoms with E-state index in [4.69, 9.17) is 9.68 Å². The molecule has 0 heterocycles. The van der Waals surface area contributed by atoms with Gasteiger partial charge >= 0.3 is 0 Å². The minimum atomic E-state index is 0.560. The van der Waals surface area contributed by atoms with Crippen molar-refractivity contribution in [3.8, 4) is 11.1 Å². The van der Waals surface area contributed by atoms with Crippen molar-refractivity contribution in [2.45, 2.75) is 34.1 Å². The van der Waals surface area contributed by atoms with Crippen molar-refractivity contribution in [1.82, 2.24) is 9.80 Å². The van der Waals surface area contributed by atoms with Gasteiger partial charge in [-0.1, -0.05) is 86.5 Å². The second-order valence-corrected chi connectivity index (χ2v) is 8.06. The van der Waals surface area contributed by atoms with Gasteiger partial charge in [0.25, 0.3) is 0 Å². The molecule has 33 heavy (non-hydrogen) atoms. The molecule has 0 amide bonds. The number of hydrogen-bond donors (Lipinski definition) is 0. The molecule has 0 radical (unpaired) electrons. The quantitative estimate of drug-likeness (QED) is 0.342. The predicted octanol–water partition coefficient (Wildman–Crippen LogP) is 4.88. The van der Waals surface area contributed by atoms with Crippen LogP contribution < -0.4 is 0 Å². The van der Waals surface area contributed by atoms with Crippen molar-refractivity contribution in [2.24, 2.45) is 10.3 Å². The maximum absolute atomic E-state index is 5.80. The Kier molecular flexibility index (Phi) is 9.91. The summed E-state index contributed by atoms with van der Waals surface area (Å²) in [7, 11) is 0. The standard InChI is InChI=1S/C27H38N4O2/c1-5-30(6-2)17-19-32-28-26-21-27(29-33-20-18-31(7-3)8-4)25-16-12-10-14-23(25)22-13-9-11-15-24(22)26/h9-16H,5-8,17-21H2,1-4H3. The van der Waals surface area contributed by atoms with E-state index in [1.54, 1.807) is 0 Å². The zero-order chi connectivity index (χ0) is 23.5. The third kappa shape index (κ3) is 6.65. The van der Waals surface area contributed by atoms with Crippen LogP contribution in [0.3, 0.4) is 0 Å². The van der Waals surface area contributed by atoms with E-state index in [-0.39, 0.29) is 0 Å². The molecule has 0 aromatic heterocycles. The predicted molar refractivity (Wildman–Crippen MR) is 137 cm³/mol. The minimum absolute atomic E-state index is 0.560. The van der Waals surface area contributed by atoms with Crippen LogP contribution in [0.4, 0.5) is 0 Å². The highest BCUT2D eigenvalue weighted by Gasteiger charge is 2.23. The smallest absolute Gasteiger partial charge is 0.129 e. The maximum Gasteiger partial charge on any atom is 0.129 e. The van der Waals surface area contributed by atoms with Crippen LogP contribution in [0, 0.1) is 0 Å². The van der Waals surface area contributed by atoms with Crippen molar-refractivity contribution in [2.75, 3.05) is 52.5 Å². The van der Waals surface area contributed by atoms with E-state index in [1.165, 1.54) is 0 Å². The Morgan fingerprint density at radius 1 is 0.606 bits per heavy atom. The first-order valence-electron chi connectivity index (χ1n) is 12.2. The van der Waals surface area contributed by atoms with Crippen molar-refractivity contribution in [3.63, 3.8) is 0 Å². The molecule has 0 bridgehead atoms. The van der Waals surface area contributed by atoms with Crippen LogP contribution in [0.1, 0.15) is 45.2 Å². The van der Waals surface area contributed by atoms with Crippen molar-refractivity contribution >= 4 is 11.4 Å². The van der Waals surface area contributed by atoms with E-state index in [1.807, 2.05) is 0 Å². The van der Waals surface area contributed by atoms with Gasteiger partial charge in [0.05, 0.1) is 11.4 Å². The summed E-state index contributed by atoms with van der Waals surface area (Å²) in [4.78, 5) is 16.2. The summed E-state index contributed by atoms with van der Waals surface area (Å²) in [6.07, 6.45) is 0.560. The summed E-state index contributed by atoms with van der Waals surface area (Å²) in [5.41, 5.74) is 6.22. The largest absolute Gasteiger partial charge is 0.394 e. The Morgan fingerprint density at radius 2 is 0.970 bits per heavy atom. The highest BCUT2D eigenvalue weighted by molar-refractivity contribution is 6.24. The molecule has 0 saturated heterocycles. The number of fused-ring (bicyclic) bond motifs is 3. The van der Waals surface area contributed by atoms with Gasteiger partial charge < -0.3 is 19.5 Å². The molecule has 0 saturated carbocycles. The fourth-order valence-electron chi connectivity index (χ4n) is 4.12. The zero-order valence-electron chi connectivity index (χ0n) is 20.6. The molecule has 0 aliphatic heterocycles. The van der Waals surface area contributed by atoms with Gasteiger partial charge in [-0.25, -0.2) is 0 Å². The molecule has 2 aromatic rings. The molecule has 1 aliphatic carbocycles. The molecule has 0 fully saturated rings. The first-order chi connectivity index (χ1) is 16.2. The van der Waals surface area contributed by atoms with Crippen LogP contribution in [0.25, 0.3) is 11.1 Å². The number of rotatable bonds is 12. The van der Waals surface area contributed by atoms with Crippen LogP contribution in [0.5, 0.6) is 0 Å². The van der Waals surface area contributed by atoms with Crippen molar-refractivity contribution in [1.29, 1.82) is 0 Å². The van der Waals surface area contributed by atoms with Crippen LogP contribution in [0.2, 0.25) is 0 Å². The lowest BCUT2D eigenvalue weighted by Crippen LogP contribution is -2.26. The van der Waals surface area contributed by atoms with Crippen molar-refractivity contribution in [3.05, 3.63) is 59.7 Å². The Morgan fingerprint density at radius 3 is 1.33 bits per heavy atom. The summed E-state index contributed by atoms with van der Waals surface area (Å²) < 4.78 is 0. The van der Waals surface area contributed by atoms with Gasteiger partial charge in [-0.3, -0.25) is 0 Å². The summed E-state index contributed by atoms with van der Waals surface area (Å²) in [5.74, 6) is 0. The normalized spacial score (nSPS) is 15.6. The molecule has 6 heteroatoms. The Hall–Kier alpha value is -2.70. The molecule has 0 spiro atoms. The Labute approximate surface area is 198 Å². The number of oxime groups is 2. The molecule has 0 unspecified atom stereocenters. The molecule has 0 N–H and O–H groups in total. The molecular formula is C27H38N4O2. The van der Waals surface area contributed by atoms with Gasteiger partial charge in [-0.15, -0.1) is 0 Å². The highest BCUT2D eigenvalue weighted by Crippen LogP contribution is 2.33. The molecule has 0 atom stereocenters. The molecule has 6 nitrogen and oxygen atoms in total. The summed E-state index contributed by atoms with van der Waals surface area (Å²) in [6.45, 7) is 15.5. The fourth-order valence-corrected chi connectivity index (χ4v) is 4.12. The molecular weight excluding hydrogens is 412 g/mol. The lowest BCUT2D eigenvalue weighted by Gasteiger charge is -2.17. The number of nitrogens with zero attached hydrogens (tertiary/aromatic N) is 4. The maximum atomic E-state index is 5.80. The topological polar surface area (TPSA) is 49.7 Å². The van der Waals surface area contributed by atoms with Gasteiger partial charge in [0.1, 0.15) is 13.2 Å². The van der Waals surface area contributed by atoms with Crippen molar-refractivity contribution < 1.29 is 9.68 Å². The molecule has 1 aliphatic rings. The van der Waals surface area contributed by atoms with E-state index in [0.29, 0.717) is 19.6 Å². The first-order valence-corrected chi connectivity index (χ1v) is 12.2. The van der Waals surface area contributed by atoms with Crippen LogP contribution >= 0.6 is 0 Å². The second-order valence-electron chi connectivity index (χ2n) is 8.06. The number of likely N-dealkylation sites (N-methyl/N-ethyl adjacent to an activating group) is 2. The SMILES string of the molecule is CCN(CC)CCON=C1CC(=NOCCN(CC)CC)c2ccccc2-c2ccccc21. The Bertz CT molecular complexity index is 858. The Balaban J connectivity index is 1.85. The van der Waals surface area contributed by atoms with Gasteiger partial charge in [-0.05, 0) is 37.3 Å². The van der Waals surface area contributed by atoms with E-state index in [2.05, 4.69) is 96.3 Å². The van der Waals surface area contributed by atoms with Crippen LogP contribution in [-0.4, -0.2) is 73.7 Å². The van der Waals surface area contributed by atoms with Crippen LogP contribution in [0.15, 0.2) is 58.8 Å². The lowest BCUT2D eigenvalue weighted by molar-refractivity contribution is 0.113. The molecule has 178 valence electrons.